The zero-order valence-electron chi connectivity index (χ0n) is 17.7. The van der Waals surface area contributed by atoms with Gasteiger partial charge in [0.1, 0.15) is 0 Å². The zero-order valence-corrected chi connectivity index (χ0v) is 17.7. The molecule has 1 saturated carbocycles. The Morgan fingerprint density at radius 1 is 1.17 bits per heavy atom. The van der Waals surface area contributed by atoms with Crippen LogP contribution in [0.15, 0.2) is 10.9 Å². The summed E-state index contributed by atoms with van der Waals surface area (Å²) in [5, 5.41) is 3.24. The molecule has 2 aliphatic heterocycles. The number of rotatable bonds is 3. The molecule has 30 heavy (non-hydrogen) atoms. The van der Waals surface area contributed by atoms with Crippen molar-refractivity contribution in [1.82, 2.24) is 24.4 Å². The Labute approximate surface area is 175 Å². The van der Waals surface area contributed by atoms with Crippen LogP contribution in [-0.4, -0.2) is 49.3 Å². The second kappa shape index (κ2) is 7.25. The first-order valence-corrected chi connectivity index (χ1v) is 11.2. The number of piperidine rings is 1. The molecular weight excluding hydrogens is 382 g/mol. The number of fused-ring (bicyclic) bond motifs is 2. The fraction of sp³-hybridized carbons (Fsp3) is 0.636. The van der Waals surface area contributed by atoms with E-state index < -0.39 is 0 Å². The van der Waals surface area contributed by atoms with Crippen molar-refractivity contribution in [3.63, 3.8) is 0 Å². The molecule has 0 unspecified atom stereocenters. The minimum atomic E-state index is -0.140. The molecule has 1 N–H and O–H groups in total. The minimum absolute atomic E-state index is 0.0241. The lowest BCUT2D eigenvalue weighted by atomic mass is 9.98. The quantitative estimate of drug-likeness (QED) is 0.837. The number of carbonyl (C=O) groups is 2. The van der Waals surface area contributed by atoms with Crippen molar-refractivity contribution in [1.29, 1.82) is 0 Å². The Hall–Kier alpha value is -2.64. The van der Waals surface area contributed by atoms with E-state index in [4.69, 9.17) is 4.98 Å². The first-order chi connectivity index (χ1) is 14.4. The van der Waals surface area contributed by atoms with E-state index in [1.165, 1.54) is 4.52 Å². The van der Waals surface area contributed by atoms with E-state index in [9.17, 15) is 14.4 Å². The van der Waals surface area contributed by atoms with E-state index in [2.05, 4.69) is 5.10 Å². The van der Waals surface area contributed by atoms with Crippen molar-refractivity contribution in [2.75, 3.05) is 13.1 Å². The summed E-state index contributed by atoms with van der Waals surface area (Å²) in [7, 11) is 0. The largest absolute Gasteiger partial charge is 0.337 e. The molecule has 2 fully saturated rings. The Morgan fingerprint density at radius 3 is 2.70 bits per heavy atom. The Morgan fingerprint density at radius 2 is 1.97 bits per heavy atom. The molecule has 2 amide bonds. The molecule has 160 valence electrons. The molecule has 4 heterocycles. The van der Waals surface area contributed by atoms with Crippen LogP contribution in [0.2, 0.25) is 0 Å². The number of aromatic nitrogens is 3. The van der Waals surface area contributed by atoms with Crippen LogP contribution >= 0.6 is 0 Å². The van der Waals surface area contributed by atoms with Crippen LogP contribution in [0.3, 0.4) is 0 Å². The molecule has 1 aliphatic carbocycles. The highest BCUT2D eigenvalue weighted by molar-refractivity contribution is 5.81. The molecular formula is C22H29N5O3. The van der Waals surface area contributed by atoms with Gasteiger partial charge in [-0.3, -0.25) is 19.5 Å². The number of likely N-dealkylation sites (tertiary alicyclic amines) is 1. The zero-order chi connectivity index (χ0) is 21.0. The van der Waals surface area contributed by atoms with Crippen molar-refractivity contribution in [2.24, 2.45) is 11.8 Å². The molecule has 0 spiro atoms. The molecule has 0 aromatic carbocycles. The van der Waals surface area contributed by atoms with Gasteiger partial charge in [-0.25, -0.2) is 9.50 Å². The van der Waals surface area contributed by atoms with Gasteiger partial charge in [0.25, 0.3) is 5.56 Å². The second-order valence-corrected chi connectivity index (χ2v) is 9.23. The van der Waals surface area contributed by atoms with Gasteiger partial charge in [-0.05, 0) is 32.1 Å². The maximum absolute atomic E-state index is 13.2. The minimum Gasteiger partial charge on any atom is -0.337 e. The highest BCUT2D eigenvalue weighted by atomic mass is 16.2. The summed E-state index contributed by atoms with van der Waals surface area (Å²) < 4.78 is 1.49. The normalized spacial score (nSPS) is 21.9. The Bertz CT molecular complexity index is 1060. The lowest BCUT2D eigenvalue weighted by Gasteiger charge is -2.35. The van der Waals surface area contributed by atoms with Gasteiger partial charge in [0.15, 0.2) is 5.65 Å². The summed E-state index contributed by atoms with van der Waals surface area (Å²) in [6.45, 7) is 5.44. The van der Waals surface area contributed by atoms with Crippen LogP contribution in [0.4, 0.5) is 0 Å². The summed E-state index contributed by atoms with van der Waals surface area (Å²) in [5.74, 6) is 0.409. The maximum Gasteiger partial charge on any atom is 0.277 e. The number of nitrogens with zero attached hydrogens (tertiary/aromatic N) is 4. The van der Waals surface area contributed by atoms with Crippen LogP contribution in [0.1, 0.15) is 68.9 Å². The molecule has 1 atom stereocenters. The molecule has 8 heteroatoms. The first kappa shape index (κ1) is 19.3. The highest BCUT2D eigenvalue weighted by Gasteiger charge is 2.38. The summed E-state index contributed by atoms with van der Waals surface area (Å²) in [4.78, 5) is 46.9. The third kappa shape index (κ3) is 3.22. The topological polar surface area (TPSA) is 90.8 Å². The summed E-state index contributed by atoms with van der Waals surface area (Å²) in [5.41, 5.74) is 2.72. The van der Waals surface area contributed by atoms with Crippen molar-refractivity contribution < 1.29 is 9.59 Å². The molecule has 2 aromatic rings. The second-order valence-electron chi connectivity index (χ2n) is 9.23. The smallest absolute Gasteiger partial charge is 0.277 e. The number of hydrogen-bond acceptors (Lipinski definition) is 4. The summed E-state index contributed by atoms with van der Waals surface area (Å²) in [6, 6.07) is 1.90. The molecule has 3 aliphatic rings. The predicted molar refractivity (Wildman–Crippen MR) is 111 cm³/mol. The lowest BCUT2D eigenvalue weighted by molar-refractivity contribution is -0.136. The predicted octanol–water partition coefficient (Wildman–Crippen LogP) is 2.03. The maximum atomic E-state index is 13.2. The number of amides is 2. The van der Waals surface area contributed by atoms with Gasteiger partial charge in [-0.2, -0.15) is 0 Å². The number of H-pyrrole nitrogens is 1. The van der Waals surface area contributed by atoms with Gasteiger partial charge in [0, 0.05) is 37.4 Å². The average Bonchev–Trinajstić information content (AvgIpc) is 3.52. The fourth-order valence-electron chi connectivity index (χ4n) is 4.81. The van der Waals surface area contributed by atoms with Gasteiger partial charge in [0.05, 0.1) is 29.5 Å². The van der Waals surface area contributed by atoms with E-state index in [0.29, 0.717) is 30.7 Å². The number of aromatic amines is 1. The Kier molecular flexibility index (Phi) is 4.67. The highest BCUT2D eigenvalue weighted by Crippen LogP contribution is 2.37. The van der Waals surface area contributed by atoms with Crippen LogP contribution in [-0.2, 0) is 22.6 Å². The lowest BCUT2D eigenvalue weighted by Crippen LogP contribution is -2.42. The molecule has 1 saturated heterocycles. The monoisotopic (exact) mass is 411 g/mol. The molecule has 0 bridgehead atoms. The third-order valence-electron chi connectivity index (χ3n) is 6.66. The van der Waals surface area contributed by atoms with Crippen LogP contribution in [0.5, 0.6) is 0 Å². The number of nitrogens with one attached hydrogen (secondary N) is 1. The van der Waals surface area contributed by atoms with Crippen LogP contribution in [0, 0.1) is 11.8 Å². The van der Waals surface area contributed by atoms with Crippen molar-refractivity contribution in [2.45, 2.75) is 65.0 Å². The fourth-order valence-corrected chi connectivity index (χ4v) is 4.81. The van der Waals surface area contributed by atoms with Gasteiger partial charge in [0.2, 0.25) is 11.8 Å². The first-order valence-electron chi connectivity index (χ1n) is 11.2. The van der Waals surface area contributed by atoms with Crippen LogP contribution < -0.4 is 5.56 Å². The van der Waals surface area contributed by atoms with Crippen molar-refractivity contribution >= 4 is 17.5 Å². The van der Waals surface area contributed by atoms with Gasteiger partial charge >= 0.3 is 0 Å². The standard InChI is InChI=1S/C22H29N5O3/c1-13(2)20(28)25-10-8-16-15(12-25)22(30)27-19(23-16)11-17(24-27)18-5-3-4-9-26(18)21(29)14-6-7-14/h11,13-14,18,24H,3-10,12H2,1-2H3/t18-/m1/s1. The van der Waals surface area contributed by atoms with Crippen molar-refractivity contribution in [3.05, 3.63) is 33.4 Å². The van der Waals surface area contributed by atoms with Crippen LogP contribution in [0.25, 0.3) is 5.65 Å². The van der Waals surface area contributed by atoms with E-state index in [-0.39, 0.29) is 35.3 Å². The Balaban J connectivity index is 1.49. The average molecular weight is 412 g/mol. The summed E-state index contributed by atoms with van der Waals surface area (Å²) in [6.07, 6.45) is 5.58. The SMILES string of the molecule is CC(C)C(=O)N1CCc2nc3cc([C@H]4CCCCN4C(=O)C4CC4)[nH]n3c(=O)c2C1. The van der Waals surface area contributed by atoms with Gasteiger partial charge in [-0.15, -0.1) is 0 Å². The van der Waals surface area contributed by atoms with Gasteiger partial charge < -0.3 is 9.80 Å². The van der Waals surface area contributed by atoms with E-state index >= 15 is 0 Å². The van der Waals surface area contributed by atoms with Crippen molar-refractivity contribution in [3.8, 4) is 0 Å². The molecule has 2 aromatic heterocycles. The van der Waals surface area contributed by atoms with E-state index in [0.717, 1.165) is 50.0 Å². The molecule has 5 rings (SSSR count). The summed E-state index contributed by atoms with van der Waals surface area (Å²) >= 11 is 0. The van der Waals surface area contributed by atoms with Gasteiger partial charge in [-0.1, -0.05) is 13.8 Å². The number of hydrogen-bond donors (Lipinski definition) is 1. The third-order valence-corrected chi connectivity index (χ3v) is 6.66. The number of carbonyl (C=O) groups excluding carboxylic acids is 2. The molecule has 0 radical (unpaired) electrons. The van der Waals surface area contributed by atoms with E-state index in [1.54, 1.807) is 4.90 Å². The molecule has 8 nitrogen and oxygen atoms in total. The van der Waals surface area contributed by atoms with E-state index in [1.807, 2.05) is 24.8 Å².